The van der Waals surface area contributed by atoms with Crippen molar-refractivity contribution >= 4 is 17.6 Å². The number of anilines is 2. The van der Waals surface area contributed by atoms with Gasteiger partial charge in [0.05, 0.1) is 6.54 Å². The molecule has 3 aromatic rings. The highest BCUT2D eigenvalue weighted by Crippen LogP contribution is 2.48. The van der Waals surface area contributed by atoms with Crippen molar-refractivity contribution in [3.05, 3.63) is 95.6 Å². The van der Waals surface area contributed by atoms with Gasteiger partial charge in [0.1, 0.15) is 11.6 Å². The molecule has 2 atom stereocenters. The van der Waals surface area contributed by atoms with Crippen molar-refractivity contribution in [2.24, 2.45) is 5.10 Å². The van der Waals surface area contributed by atoms with Crippen molar-refractivity contribution in [1.82, 2.24) is 10.3 Å². The summed E-state index contributed by atoms with van der Waals surface area (Å²) in [6.45, 7) is 3.72. The Balaban J connectivity index is 1.13. The topological polar surface area (TPSA) is 30.9 Å². The summed E-state index contributed by atoms with van der Waals surface area (Å²) in [5.41, 5.74) is 7.42. The molecule has 0 spiro atoms. The maximum atomic E-state index is 14.2. The summed E-state index contributed by atoms with van der Waals surface area (Å²) in [6.07, 6.45) is 6.12. The van der Waals surface area contributed by atoms with Crippen LogP contribution in [-0.2, 0) is 6.54 Å². The van der Waals surface area contributed by atoms with Gasteiger partial charge in [-0.05, 0) is 85.8 Å². The molecule has 0 radical (unpaired) electrons. The number of hydrazone groups is 1. The molecule has 6 heteroatoms. The number of nitrogens with one attached hydrogen (secondary N) is 1. The van der Waals surface area contributed by atoms with Crippen LogP contribution in [0.15, 0.2) is 77.9 Å². The average molecular weight is 475 g/mol. The van der Waals surface area contributed by atoms with Crippen molar-refractivity contribution in [2.45, 2.75) is 44.2 Å². The van der Waals surface area contributed by atoms with Gasteiger partial charge in [-0.3, -0.25) is 0 Å². The van der Waals surface area contributed by atoms with E-state index in [0.29, 0.717) is 0 Å². The molecule has 0 unspecified atom stereocenters. The molecule has 0 bridgehead atoms. The summed E-state index contributed by atoms with van der Waals surface area (Å²) in [4.78, 5) is 4.80. The van der Waals surface area contributed by atoms with Gasteiger partial charge in [-0.15, -0.1) is 0 Å². The number of rotatable bonds is 9. The van der Waals surface area contributed by atoms with Gasteiger partial charge in [0, 0.05) is 42.6 Å². The maximum Gasteiger partial charge on any atom is 0.123 e. The van der Waals surface area contributed by atoms with Gasteiger partial charge in [-0.2, -0.15) is 5.10 Å². The Kier molecular flexibility index (Phi) is 7.38. The average Bonchev–Trinajstić information content (AvgIpc) is 3.19. The lowest BCUT2D eigenvalue weighted by Gasteiger charge is -2.39. The van der Waals surface area contributed by atoms with Gasteiger partial charge in [0.15, 0.2) is 0 Å². The monoisotopic (exact) mass is 474 g/mol. The van der Waals surface area contributed by atoms with E-state index < -0.39 is 0 Å². The first-order chi connectivity index (χ1) is 17.2. The molecule has 1 fully saturated rings. The molecule has 0 amide bonds. The number of nitrogens with zero attached hydrogens (tertiary/aromatic N) is 3. The lowest BCUT2D eigenvalue weighted by Crippen LogP contribution is -2.45. The van der Waals surface area contributed by atoms with Crippen LogP contribution in [0, 0.1) is 11.6 Å². The minimum atomic E-state index is -0.240. The molecular formula is C29H32F2N4. The second-order valence-corrected chi connectivity index (χ2v) is 9.44. The zero-order valence-electron chi connectivity index (χ0n) is 19.9. The van der Waals surface area contributed by atoms with Crippen LogP contribution >= 0.6 is 0 Å². The number of hydrogen-bond acceptors (Lipinski definition) is 4. The van der Waals surface area contributed by atoms with E-state index in [1.807, 2.05) is 42.6 Å². The fraction of sp³-hybridized carbons (Fsp3) is 0.345. The molecule has 0 aliphatic carbocycles. The Hall–Kier alpha value is -3.25. The first-order valence-electron chi connectivity index (χ1n) is 12.5. The highest BCUT2D eigenvalue weighted by molar-refractivity contribution is 5.73. The molecule has 0 saturated carbocycles. The van der Waals surface area contributed by atoms with Gasteiger partial charge in [-0.25, -0.2) is 8.78 Å². The Labute approximate surface area is 206 Å². The Morgan fingerprint density at radius 2 is 1.74 bits per heavy atom. The number of halogens is 2. The van der Waals surface area contributed by atoms with E-state index in [0.717, 1.165) is 68.8 Å². The largest absolute Gasteiger partial charge is 0.337 e. The van der Waals surface area contributed by atoms with Crippen LogP contribution in [0.5, 0.6) is 0 Å². The third kappa shape index (κ3) is 5.54. The fourth-order valence-electron chi connectivity index (χ4n) is 5.41. The minimum Gasteiger partial charge on any atom is -0.337 e. The number of hydrogen-bond donors (Lipinski definition) is 1. The van der Waals surface area contributed by atoms with E-state index in [1.54, 1.807) is 6.07 Å². The molecule has 4 nitrogen and oxygen atoms in total. The first-order valence-corrected chi connectivity index (χ1v) is 12.5. The number of fused-ring (bicyclic) bond motifs is 3. The van der Waals surface area contributed by atoms with Crippen LogP contribution in [0.4, 0.5) is 20.2 Å². The van der Waals surface area contributed by atoms with E-state index >= 15 is 0 Å². The number of likely N-dealkylation sites (tertiary alicyclic amines) is 1. The second-order valence-electron chi connectivity index (χ2n) is 9.44. The van der Waals surface area contributed by atoms with Gasteiger partial charge in [0.2, 0.25) is 0 Å². The molecule has 0 aromatic heterocycles. The zero-order valence-corrected chi connectivity index (χ0v) is 19.9. The summed E-state index contributed by atoms with van der Waals surface area (Å²) < 4.78 is 27.7. The smallest absolute Gasteiger partial charge is 0.123 e. The Bertz CT molecular complexity index is 1130. The molecule has 1 N–H and O–H groups in total. The number of benzene rings is 3. The predicted octanol–water partition coefficient (Wildman–Crippen LogP) is 6.22. The standard InChI is InChI=1S/C29H32F2N4/c30-23-9-12-25(13-10-23)35-28-14-11-24(31)19-26(28)27-21-34(18-15-29(27)35)17-6-2-5-16-32-33-20-22-7-3-1-4-8-22/h1,3-4,7-14,16,19,27,29,33H,2,5-6,15,17-18,20-21H2/t27-,29+/m0/s1. The molecule has 5 rings (SSSR count). The minimum absolute atomic E-state index is 0.194. The van der Waals surface area contributed by atoms with E-state index in [9.17, 15) is 8.78 Å². The summed E-state index contributed by atoms with van der Waals surface area (Å²) in [7, 11) is 0. The Morgan fingerprint density at radius 3 is 2.57 bits per heavy atom. The number of piperidine rings is 1. The Morgan fingerprint density at radius 1 is 0.943 bits per heavy atom. The third-order valence-electron chi connectivity index (χ3n) is 7.11. The van der Waals surface area contributed by atoms with Gasteiger partial charge < -0.3 is 15.2 Å². The molecular weight excluding hydrogens is 442 g/mol. The molecule has 2 aliphatic rings. The van der Waals surface area contributed by atoms with Crippen LogP contribution in [-0.4, -0.2) is 36.8 Å². The highest BCUT2D eigenvalue weighted by Gasteiger charge is 2.42. The molecule has 35 heavy (non-hydrogen) atoms. The molecule has 2 heterocycles. The maximum absolute atomic E-state index is 14.2. The van der Waals surface area contributed by atoms with E-state index in [2.05, 4.69) is 32.5 Å². The van der Waals surface area contributed by atoms with Crippen molar-refractivity contribution in [3.63, 3.8) is 0 Å². The summed E-state index contributed by atoms with van der Waals surface area (Å²) in [6, 6.07) is 22.3. The SMILES string of the molecule is Fc1ccc(N2c3ccc(F)cc3[C@@H]3CN(CCCCC=NNCc4ccccc4)CC[C@H]32)cc1. The lowest BCUT2D eigenvalue weighted by atomic mass is 9.89. The molecule has 2 aliphatic heterocycles. The second kappa shape index (κ2) is 11.0. The van der Waals surface area contributed by atoms with Crippen LogP contribution < -0.4 is 10.3 Å². The van der Waals surface area contributed by atoms with Crippen LogP contribution in [0.2, 0.25) is 0 Å². The highest BCUT2D eigenvalue weighted by atomic mass is 19.1. The van der Waals surface area contributed by atoms with E-state index in [4.69, 9.17) is 0 Å². The third-order valence-corrected chi connectivity index (χ3v) is 7.11. The molecule has 1 saturated heterocycles. The molecule has 182 valence electrons. The lowest BCUT2D eigenvalue weighted by molar-refractivity contribution is 0.194. The molecule has 3 aromatic carbocycles. The van der Waals surface area contributed by atoms with Crippen molar-refractivity contribution in [2.75, 3.05) is 24.5 Å². The van der Waals surface area contributed by atoms with E-state index in [1.165, 1.54) is 23.8 Å². The quantitative estimate of drug-likeness (QED) is 0.227. The summed E-state index contributed by atoms with van der Waals surface area (Å²) in [5.74, 6) is -0.181. The number of unbranched alkanes of at least 4 members (excludes halogenated alkanes) is 2. The first kappa shape index (κ1) is 23.5. The van der Waals surface area contributed by atoms with Crippen LogP contribution in [0.1, 0.15) is 42.7 Å². The summed E-state index contributed by atoms with van der Waals surface area (Å²) >= 11 is 0. The zero-order chi connectivity index (χ0) is 24.0. The van der Waals surface area contributed by atoms with Crippen LogP contribution in [0.25, 0.3) is 0 Å². The van der Waals surface area contributed by atoms with Crippen molar-refractivity contribution in [3.8, 4) is 0 Å². The predicted molar refractivity (Wildman–Crippen MR) is 138 cm³/mol. The van der Waals surface area contributed by atoms with E-state index in [-0.39, 0.29) is 23.6 Å². The van der Waals surface area contributed by atoms with Crippen molar-refractivity contribution < 1.29 is 8.78 Å². The normalized spacial score (nSPS) is 19.7. The summed E-state index contributed by atoms with van der Waals surface area (Å²) in [5, 5.41) is 4.32. The van der Waals surface area contributed by atoms with Gasteiger partial charge >= 0.3 is 0 Å². The fourth-order valence-corrected chi connectivity index (χ4v) is 5.41. The van der Waals surface area contributed by atoms with Crippen molar-refractivity contribution in [1.29, 1.82) is 0 Å². The van der Waals surface area contributed by atoms with Crippen LogP contribution in [0.3, 0.4) is 0 Å². The van der Waals surface area contributed by atoms with Gasteiger partial charge in [-0.1, -0.05) is 30.3 Å². The van der Waals surface area contributed by atoms with Gasteiger partial charge in [0.25, 0.3) is 0 Å².